The summed E-state index contributed by atoms with van der Waals surface area (Å²) in [5, 5.41) is 9.94. The van der Waals surface area contributed by atoms with Crippen LogP contribution in [0.1, 0.15) is 32.1 Å². The standard InChI is InChI=1S/C30H26N6O/c1-2-4-22(5-3-1)37-23-14-21(17-32-18-23)20-6-7-27-24(15-20)30(36-35-27)28-16-25-26(34-28)10-13-33-29(25)19-8-11-31-12-9-19/h6-18,22,34H,1-5H2,(H,35,36). The SMILES string of the molecule is c1cc(-c2nccc3[nH]c(-c4n[nH]c5ccc(-c6cncc(OC7CCCCC7)c6)cc45)cc23)ccn1. The summed E-state index contributed by atoms with van der Waals surface area (Å²) in [6.45, 7) is 0. The molecule has 1 aliphatic carbocycles. The summed E-state index contributed by atoms with van der Waals surface area (Å²) >= 11 is 0. The second-order valence-electron chi connectivity index (χ2n) is 9.66. The lowest BCUT2D eigenvalue weighted by Crippen LogP contribution is -2.19. The van der Waals surface area contributed by atoms with E-state index in [1.165, 1.54) is 19.3 Å². The van der Waals surface area contributed by atoms with E-state index in [-0.39, 0.29) is 0 Å². The number of nitrogens with one attached hydrogen (secondary N) is 2. The van der Waals surface area contributed by atoms with E-state index in [1.807, 2.05) is 36.8 Å². The van der Waals surface area contributed by atoms with Gasteiger partial charge in [0.05, 0.1) is 29.2 Å². The molecule has 0 unspecified atom stereocenters. The molecule has 7 heteroatoms. The van der Waals surface area contributed by atoms with Gasteiger partial charge < -0.3 is 9.72 Å². The minimum atomic E-state index is 0.294. The van der Waals surface area contributed by atoms with Crippen molar-refractivity contribution in [2.45, 2.75) is 38.2 Å². The van der Waals surface area contributed by atoms with Crippen molar-refractivity contribution in [3.8, 4) is 39.5 Å². The maximum absolute atomic E-state index is 6.27. The Labute approximate surface area is 214 Å². The molecule has 5 aromatic heterocycles. The van der Waals surface area contributed by atoms with Crippen LogP contribution in [0.4, 0.5) is 0 Å². The summed E-state index contributed by atoms with van der Waals surface area (Å²) in [6.07, 6.45) is 15.4. The van der Waals surface area contributed by atoms with Crippen molar-refractivity contribution in [3.05, 3.63) is 79.5 Å². The van der Waals surface area contributed by atoms with E-state index in [0.717, 1.165) is 74.2 Å². The summed E-state index contributed by atoms with van der Waals surface area (Å²) in [4.78, 5) is 16.8. The van der Waals surface area contributed by atoms with Gasteiger partial charge in [-0.15, -0.1) is 0 Å². The molecule has 5 heterocycles. The topological polar surface area (TPSA) is 92.4 Å². The molecular formula is C30H26N6O. The van der Waals surface area contributed by atoms with E-state index in [1.54, 1.807) is 12.4 Å². The fourth-order valence-electron chi connectivity index (χ4n) is 5.34. The largest absolute Gasteiger partial charge is 0.489 e. The van der Waals surface area contributed by atoms with Crippen molar-refractivity contribution in [1.82, 2.24) is 30.1 Å². The zero-order chi connectivity index (χ0) is 24.6. The van der Waals surface area contributed by atoms with Gasteiger partial charge in [-0.1, -0.05) is 12.5 Å². The second kappa shape index (κ2) is 9.17. The average Bonchev–Trinajstić information content (AvgIpc) is 3.58. The lowest BCUT2D eigenvalue weighted by Gasteiger charge is -2.23. The average molecular weight is 487 g/mol. The molecule has 0 atom stereocenters. The highest BCUT2D eigenvalue weighted by Crippen LogP contribution is 2.35. The fraction of sp³-hybridized carbons (Fsp3) is 0.200. The lowest BCUT2D eigenvalue weighted by atomic mass is 9.98. The van der Waals surface area contributed by atoms with E-state index in [0.29, 0.717) is 6.10 Å². The fourth-order valence-corrected chi connectivity index (χ4v) is 5.34. The maximum Gasteiger partial charge on any atom is 0.138 e. The van der Waals surface area contributed by atoms with Crippen molar-refractivity contribution in [2.75, 3.05) is 0 Å². The number of ether oxygens (including phenoxy) is 1. The molecule has 1 fully saturated rings. The number of hydrogen-bond acceptors (Lipinski definition) is 5. The van der Waals surface area contributed by atoms with Gasteiger partial charge in [0, 0.05) is 52.2 Å². The minimum Gasteiger partial charge on any atom is -0.489 e. The Kier molecular flexibility index (Phi) is 5.39. The van der Waals surface area contributed by atoms with Crippen molar-refractivity contribution in [2.24, 2.45) is 0 Å². The van der Waals surface area contributed by atoms with Crippen LogP contribution in [-0.4, -0.2) is 36.2 Å². The van der Waals surface area contributed by atoms with Gasteiger partial charge in [-0.25, -0.2) is 0 Å². The highest BCUT2D eigenvalue weighted by Gasteiger charge is 2.17. The Morgan fingerprint density at radius 3 is 2.46 bits per heavy atom. The van der Waals surface area contributed by atoms with Gasteiger partial charge in [0.15, 0.2) is 0 Å². The third kappa shape index (κ3) is 4.12. The molecule has 1 aromatic carbocycles. The van der Waals surface area contributed by atoms with Gasteiger partial charge in [0.1, 0.15) is 11.4 Å². The summed E-state index contributed by atoms with van der Waals surface area (Å²) in [7, 11) is 0. The molecule has 0 spiro atoms. The molecule has 0 aliphatic heterocycles. The molecule has 1 saturated carbocycles. The number of fused-ring (bicyclic) bond motifs is 2. The predicted molar refractivity (Wildman–Crippen MR) is 145 cm³/mol. The Balaban J connectivity index is 1.26. The molecule has 2 N–H and O–H groups in total. The highest BCUT2D eigenvalue weighted by atomic mass is 16.5. The number of pyridine rings is 3. The molecule has 0 bridgehead atoms. The first-order chi connectivity index (χ1) is 18.3. The highest BCUT2D eigenvalue weighted by molar-refractivity contribution is 6.00. The predicted octanol–water partition coefficient (Wildman–Crippen LogP) is 6.94. The molecule has 182 valence electrons. The smallest absolute Gasteiger partial charge is 0.138 e. The second-order valence-corrected chi connectivity index (χ2v) is 9.66. The Morgan fingerprint density at radius 2 is 1.57 bits per heavy atom. The first-order valence-electron chi connectivity index (χ1n) is 12.8. The van der Waals surface area contributed by atoms with Gasteiger partial charge in [-0.2, -0.15) is 5.10 Å². The first kappa shape index (κ1) is 21.7. The van der Waals surface area contributed by atoms with Crippen LogP contribution in [0, 0.1) is 0 Å². The summed E-state index contributed by atoms with van der Waals surface area (Å²) < 4.78 is 6.27. The summed E-state index contributed by atoms with van der Waals surface area (Å²) in [5.74, 6) is 0.837. The van der Waals surface area contributed by atoms with E-state index in [2.05, 4.69) is 60.5 Å². The van der Waals surface area contributed by atoms with Crippen molar-refractivity contribution < 1.29 is 4.74 Å². The monoisotopic (exact) mass is 486 g/mol. The minimum absolute atomic E-state index is 0.294. The molecule has 0 saturated heterocycles. The zero-order valence-electron chi connectivity index (χ0n) is 20.3. The number of aromatic amines is 2. The molecule has 0 amide bonds. The molecule has 6 aromatic rings. The third-order valence-corrected chi connectivity index (χ3v) is 7.22. The van der Waals surface area contributed by atoms with Crippen LogP contribution in [0.3, 0.4) is 0 Å². The van der Waals surface area contributed by atoms with Gasteiger partial charge in [0.2, 0.25) is 0 Å². The van der Waals surface area contributed by atoms with Crippen LogP contribution < -0.4 is 4.74 Å². The number of nitrogens with zero attached hydrogens (tertiary/aromatic N) is 4. The first-order valence-corrected chi connectivity index (χ1v) is 12.8. The molecular weight excluding hydrogens is 460 g/mol. The number of benzene rings is 1. The van der Waals surface area contributed by atoms with Crippen molar-refractivity contribution in [1.29, 1.82) is 0 Å². The maximum atomic E-state index is 6.27. The van der Waals surface area contributed by atoms with E-state index < -0.39 is 0 Å². The number of rotatable bonds is 5. The van der Waals surface area contributed by atoms with Crippen molar-refractivity contribution >= 4 is 21.8 Å². The molecule has 0 radical (unpaired) electrons. The van der Waals surface area contributed by atoms with Gasteiger partial charge >= 0.3 is 0 Å². The van der Waals surface area contributed by atoms with Crippen LogP contribution in [0.2, 0.25) is 0 Å². The zero-order valence-corrected chi connectivity index (χ0v) is 20.3. The van der Waals surface area contributed by atoms with E-state index in [9.17, 15) is 0 Å². The quantitative estimate of drug-likeness (QED) is 0.275. The summed E-state index contributed by atoms with van der Waals surface area (Å²) in [5.41, 5.74) is 7.86. The van der Waals surface area contributed by atoms with Gasteiger partial charge in [-0.05, 0) is 73.7 Å². The van der Waals surface area contributed by atoms with Crippen molar-refractivity contribution in [3.63, 3.8) is 0 Å². The Bertz CT molecular complexity index is 1700. The number of H-pyrrole nitrogens is 2. The van der Waals surface area contributed by atoms with E-state index in [4.69, 9.17) is 4.74 Å². The molecule has 7 rings (SSSR count). The van der Waals surface area contributed by atoms with Crippen LogP contribution >= 0.6 is 0 Å². The van der Waals surface area contributed by atoms with Gasteiger partial charge in [-0.3, -0.25) is 20.1 Å². The van der Waals surface area contributed by atoms with Crippen LogP contribution in [0.25, 0.3) is 55.6 Å². The van der Waals surface area contributed by atoms with Gasteiger partial charge in [0.25, 0.3) is 0 Å². The van der Waals surface area contributed by atoms with Crippen LogP contribution in [-0.2, 0) is 0 Å². The van der Waals surface area contributed by atoms with Crippen LogP contribution in [0.5, 0.6) is 5.75 Å². The number of hydrogen-bond donors (Lipinski definition) is 2. The number of aromatic nitrogens is 6. The van der Waals surface area contributed by atoms with E-state index >= 15 is 0 Å². The van der Waals surface area contributed by atoms with Crippen LogP contribution in [0.15, 0.2) is 79.5 Å². The Hall–Kier alpha value is -4.52. The lowest BCUT2D eigenvalue weighted by molar-refractivity contribution is 0.154. The third-order valence-electron chi connectivity index (χ3n) is 7.22. The normalized spacial score (nSPS) is 14.4. The molecule has 37 heavy (non-hydrogen) atoms. The summed E-state index contributed by atoms with van der Waals surface area (Å²) in [6, 6.07) is 16.5. The molecule has 7 nitrogen and oxygen atoms in total. The Morgan fingerprint density at radius 1 is 0.703 bits per heavy atom. The molecule has 1 aliphatic rings.